The predicted octanol–water partition coefficient (Wildman–Crippen LogP) is 0.415. The highest BCUT2D eigenvalue weighted by Gasteiger charge is 2.23. The zero-order valence-corrected chi connectivity index (χ0v) is 21.6. The monoisotopic (exact) mass is 506 g/mol. The first-order chi connectivity index (χ1) is 17.7. The quantitative estimate of drug-likeness (QED) is 0.375. The van der Waals surface area contributed by atoms with Gasteiger partial charge in [0.1, 0.15) is 22.3 Å². The summed E-state index contributed by atoms with van der Waals surface area (Å²) in [6.45, 7) is 5.29. The zero-order valence-electron chi connectivity index (χ0n) is 21.6. The number of hydrogen-bond donors (Lipinski definition) is 4. The lowest BCUT2D eigenvalue weighted by molar-refractivity contribution is 0.0918. The first kappa shape index (κ1) is 25.2. The lowest BCUT2D eigenvalue weighted by Gasteiger charge is -2.29. The lowest BCUT2D eigenvalue weighted by atomic mass is 10.0. The largest absolute Gasteiger partial charge is 0.507 e. The number of carbonyl (C=O) groups is 1. The number of rotatable bonds is 4. The normalized spacial score (nSPS) is 19.1. The Balaban J connectivity index is 1.59. The van der Waals surface area contributed by atoms with E-state index in [1.54, 1.807) is 13.1 Å². The number of carbonyl (C=O) groups excluding carboxylic acids is 1. The van der Waals surface area contributed by atoms with Gasteiger partial charge in [-0.25, -0.2) is 4.98 Å². The van der Waals surface area contributed by atoms with Gasteiger partial charge >= 0.3 is 0 Å². The molecular formula is C27H34N6O4. The van der Waals surface area contributed by atoms with Gasteiger partial charge in [0.25, 0.3) is 5.91 Å². The molecule has 10 nitrogen and oxygen atoms in total. The van der Waals surface area contributed by atoms with E-state index in [-0.39, 0.29) is 62.4 Å². The number of fused-ring (bicyclic) bond motifs is 2. The third-order valence-electron chi connectivity index (χ3n) is 7.76. The summed E-state index contributed by atoms with van der Waals surface area (Å²) in [5, 5.41) is 17.6. The number of phenolic OH excluding ortho intramolecular Hbond substituents is 1. The summed E-state index contributed by atoms with van der Waals surface area (Å²) < 4.78 is 0. The second kappa shape index (κ2) is 10.1. The maximum absolute atomic E-state index is 13.2. The molecule has 0 bridgehead atoms. The third-order valence-corrected chi connectivity index (χ3v) is 7.76. The topological polar surface area (TPSA) is 131 Å². The minimum Gasteiger partial charge on any atom is -0.507 e. The van der Waals surface area contributed by atoms with Crippen molar-refractivity contribution in [1.82, 2.24) is 30.4 Å². The number of aromatic amines is 1. The minimum atomic E-state index is -0.420. The Morgan fingerprint density at radius 1 is 1.00 bits per heavy atom. The fourth-order valence-corrected chi connectivity index (χ4v) is 5.25. The molecule has 5 rings (SSSR count). The van der Waals surface area contributed by atoms with E-state index in [0.29, 0.717) is 5.22 Å². The van der Waals surface area contributed by atoms with Gasteiger partial charge in [0.05, 0.1) is 16.3 Å². The van der Waals surface area contributed by atoms with Crippen LogP contribution in [0, 0.1) is 6.92 Å². The fraction of sp³-hybridized carbons (Fsp3) is 0.481. The third kappa shape index (κ3) is 4.91. The second-order valence-electron chi connectivity index (χ2n) is 10.5. The van der Waals surface area contributed by atoms with Crippen LogP contribution < -0.4 is 26.7 Å². The molecule has 0 saturated carbocycles. The number of H-pyrrole nitrogens is 1. The number of hydrogen-bond acceptors (Lipinski definition) is 8. The van der Waals surface area contributed by atoms with Crippen molar-refractivity contribution in [2.24, 2.45) is 0 Å². The van der Waals surface area contributed by atoms with E-state index < -0.39 is 5.43 Å². The average Bonchev–Trinajstić information content (AvgIpc) is 2.89. The molecule has 2 saturated heterocycles. The summed E-state index contributed by atoms with van der Waals surface area (Å²) in [6, 6.07) is 3.07. The van der Waals surface area contributed by atoms with Crippen LogP contribution in [0.15, 0.2) is 21.7 Å². The molecule has 0 spiro atoms. The van der Waals surface area contributed by atoms with E-state index in [1.165, 1.54) is 12.1 Å². The number of aromatic hydroxyl groups is 1. The number of benzene rings is 2. The van der Waals surface area contributed by atoms with E-state index >= 15 is 0 Å². The fourth-order valence-electron chi connectivity index (χ4n) is 5.25. The van der Waals surface area contributed by atoms with Crippen LogP contribution in [0.4, 0.5) is 0 Å². The van der Waals surface area contributed by atoms with E-state index in [1.807, 2.05) is 0 Å². The maximum Gasteiger partial charge on any atom is 0.253 e. The van der Waals surface area contributed by atoms with Crippen molar-refractivity contribution in [3.05, 3.63) is 48.9 Å². The summed E-state index contributed by atoms with van der Waals surface area (Å²) >= 11 is 0. The summed E-state index contributed by atoms with van der Waals surface area (Å²) in [5.74, 6) is -0.475. The Labute approximate surface area is 214 Å². The molecular weight excluding hydrogens is 472 g/mol. The molecule has 0 aliphatic carbocycles. The number of aromatic nitrogens is 2. The van der Waals surface area contributed by atoms with Gasteiger partial charge in [0.15, 0.2) is 0 Å². The Bertz CT molecular complexity index is 1520. The van der Waals surface area contributed by atoms with Crippen molar-refractivity contribution in [2.45, 2.75) is 44.7 Å². The first-order valence-corrected chi connectivity index (χ1v) is 12.9. The molecule has 3 aromatic rings. The van der Waals surface area contributed by atoms with Crippen molar-refractivity contribution >= 4 is 34.2 Å². The molecule has 3 heterocycles. The number of phenols is 1. The molecule has 0 atom stereocenters. The molecule has 2 aromatic carbocycles. The Morgan fingerprint density at radius 2 is 1.62 bits per heavy atom. The first-order valence-electron chi connectivity index (χ1n) is 12.9. The predicted molar refractivity (Wildman–Crippen MR) is 144 cm³/mol. The van der Waals surface area contributed by atoms with E-state index in [4.69, 9.17) is 0 Å². The molecule has 4 N–H and O–H groups in total. The number of nitrogens with zero attached hydrogens (tertiary/aromatic N) is 3. The second-order valence-corrected chi connectivity index (χ2v) is 10.5. The number of piperidine rings is 2. The molecule has 1 amide bonds. The van der Waals surface area contributed by atoms with Gasteiger partial charge in [0, 0.05) is 23.8 Å². The Hall–Kier alpha value is -3.50. The molecule has 2 fully saturated rings. The molecule has 37 heavy (non-hydrogen) atoms. The van der Waals surface area contributed by atoms with E-state index in [2.05, 4.69) is 44.5 Å². The van der Waals surface area contributed by atoms with Crippen molar-refractivity contribution in [1.29, 1.82) is 0 Å². The van der Waals surface area contributed by atoms with E-state index in [9.17, 15) is 19.5 Å². The minimum absolute atomic E-state index is 0.0419. The van der Waals surface area contributed by atoms with Gasteiger partial charge in [-0.3, -0.25) is 14.4 Å². The SMILES string of the molecule is Cc1c(O)c(=CNC2CCN(C)CC2)c2nc3c(=O)ccc(C(=O)NC4CCN(C)CC4)c3[nH]c2c1=O. The molecule has 0 radical (unpaired) electrons. The number of nitrogens with one attached hydrogen (secondary N) is 3. The average molecular weight is 507 g/mol. The lowest BCUT2D eigenvalue weighted by Crippen LogP contribution is -2.43. The van der Waals surface area contributed by atoms with Crippen molar-refractivity contribution in [3.63, 3.8) is 0 Å². The molecule has 1 aromatic heterocycles. The van der Waals surface area contributed by atoms with Crippen LogP contribution >= 0.6 is 0 Å². The number of amides is 1. The maximum atomic E-state index is 13.2. The van der Waals surface area contributed by atoms with Gasteiger partial charge in [-0.05, 0) is 85.0 Å². The van der Waals surface area contributed by atoms with Crippen LogP contribution in [-0.4, -0.2) is 83.1 Å². The smallest absolute Gasteiger partial charge is 0.253 e. The molecule has 196 valence electrons. The Kier molecular flexibility index (Phi) is 6.87. The number of likely N-dealkylation sites (tertiary alicyclic amines) is 2. The summed E-state index contributed by atoms with van der Waals surface area (Å²) in [4.78, 5) is 51.3. The van der Waals surface area contributed by atoms with Crippen LogP contribution in [0.3, 0.4) is 0 Å². The van der Waals surface area contributed by atoms with Crippen LogP contribution in [-0.2, 0) is 0 Å². The molecule has 0 unspecified atom stereocenters. The van der Waals surface area contributed by atoms with Crippen molar-refractivity contribution in [3.8, 4) is 5.75 Å². The summed E-state index contributed by atoms with van der Waals surface area (Å²) in [6.07, 6.45) is 5.28. The van der Waals surface area contributed by atoms with Crippen LogP contribution in [0.25, 0.3) is 28.3 Å². The van der Waals surface area contributed by atoms with Gasteiger partial charge in [-0.15, -0.1) is 0 Å². The Morgan fingerprint density at radius 3 is 2.27 bits per heavy atom. The molecule has 2 aliphatic rings. The standard InChI is InChI=1S/C27H34N6O4/c1-15-25(35)19(14-28-16-6-10-32(2)11-7-16)22-24(26(15)36)31-21-18(4-5-20(34)23(21)30-22)27(37)29-17-8-12-33(3)13-9-17/h4-5,14,16-17,28,31,35H,6-13H2,1-3H3,(H,29,37). The van der Waals surface area contributed by atoms with Crippen LogP contribution in [0.5, 0.6) is 5.75 Å². The van der Waals surface area contributed by atoms with Gasteiger partial charge < -0.3 is 30.5 Å². The van der Waals surface area contributed by atoms with Crippen LogP contribution in [0.2, 0.25) is 0 Å². The summed E-state index contributed by atoms with van der Waals surface area (Å²) in [5.41, 5.74) is 0.285. The van der Waals surface area contributed by atoms with Crippen molar-refractivity contribution in [2.75, 3.05) is 40.3 Å². The highest BCUT2D eigenvalue weighted by molar-refractivity contribution is 6.06. The van der Waals surface area contributed by atoms with Crippen LogP contribution in [0.1, 0.15) is 41.6 Å². The van der Waals surface area contributed by atoms with Gasteiger partial charge in [0.2, 0.25) is 10.9 Å². The molecule has 10 heteroatoms. The molecule has 2 aliphatic heterocycles. The highest BCUT2D eigenvalue weighted by Crippen LogP contribution is 2.18. The zero-order chi connectivity index (χ0) is 26.3. The highest BCUT2D eigenvalue weighted by atomic mass is 16.3. The van der Waals surface area contributed by atoms with Gasteiger partial charge in [-0.1, -0.05) is 0 Å². The van der Waals surface area contributed by atoms with E-state index in [0.717, 1.165) is 51.9 Å². The van der Waals surface area contributed by atoms with Crippen molar-refractivity contribution < 1.29 is 9.90 Å². The summed E-state index contributed by atoms with van der Waals surface area (Å²) in [7, 11) is 4.14. The van der Waals surface area contributed by atoms with Gasteiger partial charge in [-0.2, -0.15) is 0 Å².